The summed E-state index contributed by atoms with van der Waals surface area (Å²) in [7, 11) is 1.60. The van der Waals surface area contributed by atoms with Gasteiger partial charge < -0.3 is 9.47 Å². The van der Waals surface area contributed by atoms with Crippen molar-refractivity contribution >= 4 is 11.2 Å². The van der Waals surface area contributed by atoms with Crippen LogP contribution >= 0.6 is 0 Å². The molecule has 1 atom stereocenters. The minimum absolute atomic E-state index is 0.0379. The van der Waals surface area contributed by atoms with Crippen molar-refractivity contribution in [2.24, 2.45) is 0 Å². The molecule has 0 saturated heterocycles. The van der Waals surface area contributed by atoms with Gasteiger partial charge in [-0.2, -0.15) is 0 Å². The van der Waals surface area contributed by atoms with Gasteiger partial charge >= 0.3 is 0 Å². The van der Waals surface area contributed by atoms with Crippen LogP contribution in [0.5, 0.6) is 11.5 Å². The lowest BCUT2D eigenvalue weighted by atomic mass is 10.1. The van der Waals surface area contributed by atoms with Crippen molar-refractivity contribution in [1.29, 1.82) is 0 Å². The van der Waals surface area contributed by atoms with E-state index in [1.807, 2.05) is 25.1 Å². The molecule has 23 heavy (non-hydrogen) atoms. The van der Waals surface area contributed by atoms with Crippen molar-refractivity contribution in [2.75, 3.05) is 7.11 Å². The molecular weight excluding hydrogens is 294 g/mol. The number of ether oxygens (including phenoxy) is 2. The topological polar surface area (TPSA) is 66.2 Å². The highest BCUT2D eigenvalue weighted by molar-refractivity contribution is 5.81. The van der Waals surface area contributed by atoms with Crippen molar-refractivity contribution in [2.45, 2.75) is 19.4 Å². The Morgan fingerprint density at radius 1 is 1.30 bits per heavy atom. The predicted molar refractivity (Wildman–Crippen MR) is 85.5 cm³/mol. The van der Waals surface area contributed by atoms with E-state index in [9.17, 15) is 4.79 Å². The van der Waals surface area contributed by atoms with Gasteiger partial charge in [0.05, 0.1) is 18.4 Å². The van der Waals surface area contributed by atoms with Crippen LogP contribution in [0.2, 0.25) is 0 Å². The van der Waals surface area contributed by atoms with E-state index in [-0.39, 0.29) is 11.7 Å². The van der Waals surface area contributed by atoms with E-state index in [4.69, 9.17) is 9.47 Å². The summed E-state index contributed by atoms with van der Waals surface area (Å²) in [5, 5.41) is 0. The fourth-order valence-electron chi connectivity index (χ4n) is 2.95. The molecule has 1 aromatic carbocycles. The first kappa shape index (κ1) is 13.8. The summed E-state index contributed by atoms with van der Waals surface area (Å²) in [5.74, 6) is 1.24. The van der Waals surface area contributed by atoms with Gasteiger partial charge in [-0.3, -0.25) is 9.36 Å². The van der Waals surface area contributed by atoms with Crippen molar-refractivity contribution in [3.8, 4) is 17.2 Å². The van der Waals surface area contributed by atoms with Gasteiger partial charge in [0.1, 0.15) is 17.4 Å². The van der Waals surface area contributed by atoms with Crippen molar-refractivity contribution < 1.29 is 9.47 Å². The second kappa shape index (κ2) is 5.08. The monoisotopic (exact) mass is 309 g/mol. The molecule has 116 valence electrons. The van der Waals surface area contributed by atoms with Crippen LogP contribution in [0.4, 0.5) is 0 Å². The number of aromatic nitrogens is 3. The lowest BCUT2D eigenvalue weighted by Crippen LogP contribution is -2.23. The number of rotatable bonds is 2. The van der Waals surface area contributed by atoms with Crippen molar-refractivity contribution in [3.63, 3.8) is 0 Å². The third-order valence-corrected chi connectivity index (χ3v) is 3.96. The normalized spacial score (nSPS) is 16.2. The van der Waals surface area contributed by atoms with Crippen LogP contribution in [-0.2, 0) is 6.42 Å². The highest BCUT2D eigenvalue weighted by Gasteiger charge is 2.28. The summed E-state index contributed by atoms with van der Waals surface area (Å²) in [5.41, 5.74) is 2.31. The molecule has 0 fully saturated rings. The maximum Gasteiger partial charge on any atom is 0.263 e. The van der Waals surface area contributed by atoms with Crippen LogP contribution in [0.1, 0.15) is 12.5 Å². The lowest BCUT2D eigenvalue weighted by Gasteiger charge is -2.12. The van der Waals surface area contributed by atoms with Crippen molar-refractivity contribution in [3.05, 3.63) is 52.6 Å². The van der Waals surface area contributed by atoms with E-state index in [2.05, 4.69) is 9.97 Å². The molecule has 1 unspecified atom stereocenters. The van der Waals surface area contributed by atoms with Crippen LogP contribution in [0.15, 0.2) is 41.5 Å². The molecule has 0 radical (unpaired) electrons. The molecular formula is C17H15N3O3. The van der Waals surface area contributed by atoms with E-state index < -0.39 is 0 Å². The second-order valence-electron chi connectivity index (χ2n) is 5.51. The molecule has 0 bridgehead atoms. The lowest BCUT2D eigenvalue weighted by molar-refractivity contribution is 0.257. The molecule has 0 saturated carbocycles. The van der Waals surface area contributed by atoms with E-state index in [1.165, 1.54) is 0 Å². The Bertz CT molecular complexity index is 965. The van der Waals surface area contributed by atoms with Crippen molar-refractivity contribution in [1.82, 2.24) is 14.5 Å². The maximum absolute atomic E-state index is 13.0. The second-order valence-corrected chi connectivity index (χ2v) is 5.51. The SMILES string of the molecule is COc1cccc(-n2c(=O)c3c(c4nccnc42)OC(C)C3)c1. The molecule has 0 N–H and O–H groups in total. The highest BCUT2D eigenvalue weighted by atomic mass is 16.5. The summed E-state index contributed by atoms with van der Waals surface area (Å²) in [6.45, 7) is 1.94. The number of pyridine rings is 1. The minimum atomic E-state index is -0.120. The molecule has 6 nitrogen and oxygen atoms in total. The Morgan fingerprint density at radius 3 is 2.96 bits per heavy atom. The van der Waals surface area contributed by atoms with Crippen LogP contribution in [0.25, 0.3) is 16.9 Å². The smallest absolute Gasteiger partial charge is 0.263 e. The Kier molecular flexibility index (Phi) is 3.04. The van der Waals surface area contributed by atoms with Gasteiger partial charge in [0.25, 0.3) is 5.56 Å². The Morgan fingerprint density at radius 2 is 2.13 bits per heavy atom. The molecule has 4 rings (SSSR count). The summed E-state index contributed by atoms with van der Waals surface area (Å²) in [6.07, 6.45) is 3.72. The van der Waals surface area contributed by atoms with Gasteiger partial charge in [-0.05, 0) is 19.1 Å². The van der Waals surface area contributed by atoms with E-state index in [1.54, 1.807) is 30.1 Å². The Labute approximate surface area is 132 Å². The molecule has 6 heteroatoms. The highest BCUT2D eigenvalue weighted by Crippen LogP contribution is 2.33. The number of fused-ring (bicyclic) bond motifs is 3. The molecule has 0 aliphatic carbocycles. The first-order valence-electron chi connectivity index (χ1n) is 7.38. The number of methoxy groups -OCH3 is 1. The first-order chi connectivity index (χ1) is 11.2. The Balaban J connectivity index is 2.09. The molecule has 0 amide bonds. The molecule has 1 aliphatic rings. The predicted octanol–water partition coefficient (Wildman–Crippen LogP) is 2.11. The van der Waals surface area contributed by atoms with E-state index >= 15 is 0 Å². The van der Waals surface area contributed by atoms with Gasteiger partial charge in [-0.25, -0.2) is 9.97 Å². The number of nitrogens with zero attached hydrogens (tertiary/aromatic N) is 3. The quantitative estimate of drug-likeness (QED) is 0.725. The third-order valence-electron chi connectivity index (χ3n) is 3.96. The van der Waals surface area contributed by atoms with Gasteiger partial charge in [0.2, 0.25) is 0 Å². The fraction of sp³-hybridized carbons (Fsp3) is 0.235. The molecule has 1 aliphatic heterocycles. The average Bonchev–Trinajstić information content (AvgIpc) is 2.98. The number of benzene rings is 1. The van der Waals surface area contributed by atoms with Crippen LogP contribution in [-0.4, -0.2) is 27.7 Å². The summed E-state index contributed by atoms with van der Waals surface area (Å²) < 4.78 is 12.6. The molecule has 0 spiro atoms. The third kappa shape index (κ3) is 2.06. The average molecular weight is 309 g/mol. The van der Waals surface area contributed by atoms with Crippen LogP contribution in [0.3, 0.4) is 0 Å². The van der Waals surface area contributed by atoms with Gasteiger partial charge in [0, 0.05) is 24.9 Å². The van der Waals surface area contributed by atoms with E-state index in [0.29, 0.717) is 40.3 Å². The van der Waals surface area contributed by atoms with Gasteiger partial charge in [-0.1, -0.05) is 6.07 Å². The van der Waals surface area contributed by atoms with Gasteiger partial charge in [-0.15, -0.1) is 0 Å². The molecule has 3 heterocycles. The summed E-state index contributed by atoms with van der Waals surface area (Å²) >= 11 is 0. The maximum atomic E-state index is 13.0. The zero-order valence-corrected chi connectivity index (χ0v) is 12.8. The minimum Gasteiger partial charge on any atom is -0.497 e. The van der Waals surface area contributed by atoms with Crippen LogP contribution in [0, 0.1) is 0 Å². The summed E-state index contributed by atoms with van der Waals surface area (Å²) in [6, 6.07) is 7.33. The zero-order valence-electron chi connectivity index (χ0n) is 12.8. The van der Waals surface area contributed by atoms with E-state index in [0.717, 1.165) is 0 Å². The molecule has 3 aromatic rings. The largest absolute Gasteiger partial charge is 0.497 e. The van der Waals surface area contributed by atoms with Crippen LogP contribution < -0.4 is 15.0 Å². The molecule has 2 aromatic heterocycles. The Hall–Kier alpha value is -2.89. The standard InChI is InChI=1S/C17H15N3O3/c1-10-8-13-15(23-10)14-16(19-7-6-18-14)20(17(13)21)11-4-3-5-12(9-11)22-2/h3-7,9-10H,8H2,1-2H3. The number of hydrogen-bond acceptors (Lipinski definition) is 5. The number of hydrogen-bond donors (Lipinski definition) is 0. The summed E-state index contributed by atoms with van der Waals surface area (Å²) in [4.78, 5) is 21.7. The zero-order chi connectivity index (χ0) is 16.0. The first-order valence-corrected chi connectivity index (χ1v) is 7.38. The van der Waals surface area contributed by atoms with Gasteiger partial charge in [0.15, 0.2) is 11.4 Å². The fourth-order valence-corrected chi connectivity index (χ4v) is 2.95.